The van der Waals surface area contributed by atoms with E-state index in [-0.39, 0.29) is 5.84 Å². The molecule has 0 saturated carbocycles. The first kappa shape index (κ1) is 16.1. The van der Waals surface area contributed by atoms with Gasteiger partial charge in [-0.05, 0) is 26.2 Å². The highest BCUT2D eigenvalue weighted by Crippen LogP contribution is 2.27. The minimum Gasteiger partial charge on any atom is -0.384 e. The van der Waals surface area contributed by atoms with Crippen molar-refractivity contribution in [1.29, 1.82) is 5.41 Å². The molecular weight excluding hydrogens is 286 g/mol. The van der Waals surface area contributed by atoms with Gasteiger partial charge in [0.15, 0.2) is 0 Å². The van der Waals surface area contributed by atoms with Gasteiger partial charge < -0.3 is 15.5 Å². The largest absolute Gasteiger partial charge is 0.384 e. The van der Waals surface area contributed by atoms with Gasteiger partial charge in [0, 0.05) is 45.0 Å². The molecule has 0 atom stereocenters. The van der Waals surface area contributed by atoms with Crippen LogP contribution in [0.15, 0.2) is 18.2 Å². The first-order valence-electron chi connectivity index (χ1n) is 7.24. The highest BCUT2D eigenvalue weighted by atomic mass is 35.5. The molecule has 0 aliphatic carbocycles. The van der Waals surface area contributed by atoms with Crippen molar-refractivity contribution in [3.8, 4) is 0 Å². The van der Waals surface area contributed by atoms with Crippen LogP contribution in [-0.4, -0.2) is 69.0 Å². The third-order valence-corrected chi connectivity index (χ3v) is 4.15. The topological polar surface area (TPSA) is 59.6 Å². The third kappa shape index (κ3) is 4.09. The van der Waals surface area contributed by atoms with E-state index >= 15 is 0 Å². The van der Waals surface area contributed by atoms with Crippen LogP contribution in [0, 0.1) is 5.41 Å². The van der Waals surface area contributed by atoms with E-state index in [2.05, 4.69) is 28.8 Å². The number of nitrogens with two attached hydrogens (primary N) is 1. The van der Waals surface area contributed by atoms with E-state index in [0.717, 1.165) is 45.0 Å². The lowest BCUT2D eigenvalue weighted by Crippen LogP contribution is -2.48. The SMILES string of the molecule is CN(C)CCN1CCN(c2cccc(Cl)c2C(=N)N)CC1. The smallest absolute Gasteiger partial charge is 0.126 e. The maximum absolute atomic E-state index is 7.74. The molecule has 116 valence electrons. The third-order valence-electron chi connectivity index (χ3n) is 3.84. The highest BCUT2D eigenvalue weighted by molar-refractivity contribution is 6.34. The molecule has 0 amide bonds. The van der Waals surface area contributed by atoms with E-state index < -0.39 is 0 Å². The summed E-state index contributed by atoms with van der Waals surface area (Å²) >= 11 is 6.19. The Bertz CT molecular complexity index is 495. The summed E-state index contributed by atoms with van der Waals surface area (Å²) < 4.78 is 0. The van der Waals surface area contributed by atoms with Gasteiger partial charge in [-0.2, -0.15) is 0 Å². The molecule has 0 aromatic heterocycles. The Labute approximate surface area is 131 Å². The fourth-order valence-electron chi connectivity index (χ4n) is 2.60. The number of nitrogens with one attached hydrogen (secondary N) is 1. The molecule has 1 fully saturated rings. The molecule has 5 nitrogen and oxygen atoms in total. The van der Waals surface area contributed by atoms with E-state index in [1.807, 2.05) is 12.1 Å². The number of nitrogen functional groups attached to an aromatic ring is 1. The first-order chi connectivity index (χ1) is 9.99. The van der Waals surface area contributed by atoms with E-state index in [9.17, 15) is 0 Å². The fraction of sp³-hybridized carbons (Fsp3) is 0.533. The number of halogens is 1. The average molecular weight is 310 g/mol. The lowest BCUT2D eigenvalue weighted by Gasteiger charge is -2.37. The van der Waals surface area contributed by atoms with Gasteiger partial charge >= 0.3 is 0 Å². The molecule has 0 spiro atoms. The van der Waals surface area contributed by atoms with Crippen LogP contribution in [-0.2, 0) is 0 Å². The number of anilines is 1. The summed E-state index contributed by atoms with van der Waals surface area (Å²) in [6, 6.07) is 5.70. The minimum absolute atomic E-state index is 0.0330. The summed E-state index contributed by atoms with van der Waals surface area (Å²) in [7, 11) is 4.20. The highest BCUT2D eigenvalue weighted by Gasteiger charge is 2.21. The van der Waals surface area contributed by atoms with Gasteiger partial charge in [-0.15, -0.1) is 0 Å². The minimum atomic E-state index is 0.0330. The lowest BCUT2D eigenvalue weighted by atomic mass is 10.1. The Morgan fingerprint density at radius 1 is 1.29 bits per heavy atom. The van der Waals surface area contributed by atoms with Gasteiger partial charge in [0.1, 0.15) is 5.84 Å². The number of hydrogen-bond donors (Lipinski definition) is 2. The second kappa shape index (κ2) is 7.11. The molecule has 3 N–H and O–H groups in total. The first-order valence-corrected chi connectivity index (χ1v) is 7.62. The van der Waals surface area contributed by atoms with Crippen LogP contribution in [0.5, 0.6) is 0 Å². The van der Waals surface area contributed by atoms with Crippen molar-refractivity contribution >= 4 is 23.1 Å². The van der Waals surface area contributed by atoms with Gasteiger partial charge in [-0.1, -0.05) is 17.7 Å². The standard InChI is InChI=1S/C15H24ClN5/c1-19(2)6-7-20-8-10-21(11-9-20)13-5-3-4-12(16)14(13)15(17)18/h3-5H,6-11H2,1-2H3,(H3,17,18). The summed E-state index contributed by atoms with van der Waals surface area (Å²) in [5, 5.41) is 8.29. The van der Waals surface area contributed by atoms with E-state index in [1.54, 1.807) is 6.07 Å². The molecule has 21 heavy (non-hydrogen) atoms. The zero-order chi connectivity index (χ0) is 15.4. The van der Waals surface area contributed by atoms with Crippen LogP contribution in [0.3, 0.4) is 0 Å². The van der Waals surface area contributed by atoms with Crippen LogP contribution in [0.25, 0.3) is 0 Å². The molecular formula is C15H24ClN5. The Morgan fingerprint density at radius 2 is 1.95 bits per heavy atom. The molecule has 0 bridgehead atoms. The fourth-order valence-corrected chi connectivity index (χ4v) is 2.87. The molecule has 2 rings (SSSR count). The normalized spacial score (nSPS) is 16.5. The maximum Gasteiger partial charge on any atom is 0.126 e. The maximum atomic E-state index is 7.74. The van der Waals surface area contributed by atoms with Crippen molar-refractivity contribution in [3.63, 3.8) is 0 Å². The summed E-state index contributed by atoms with van der Waals surface area (Å²) in [4.78, 5) is 6.94. The number of benzene rings is 1. The monoisotopic (exact) mass is 309 g/mol. The molecule has 1 heterocycles. The molecule has 1 aromatic carbocycles. The molecule has 6 heteroatoms. The predicted molar refractivity (Wildman–Crippen MR) is 89.7 cm³/mol. The number of nitrogens with zero attached hydrogens (tertiary/aromatic N) is 3. The number of likely N-dealkylation sites (N-methyl/N-ethyl adjacent to an activating group) is 1. The van der Waals surface area contributed by atoms with Crippen molar-refractivity contribution < 1.29 is 0 Å². The average Bonchev–Trinajstić information content (AvgIpc) is 2.45. The van der Waals surface area contributed by atoms with Crippen LogP contribution in [0.1, 0.15) is 5.56 Å². The van der Waals surface area contributed by atoms with Crippen LogP contribution in [0.2, 0.25) is 5.02 Å². The van der Waals surface area contributed by atoms with Gasteiger partial charge in [-0.25, -0.2) is 0 Å². The number of hydrogen-bond acceptors (Lipinski definition) is 4. The van der Waals surface area contributed by atoms with Gasteiger partial charge in [0.05, 0.1) is 10.6 Å². The summed E-state index contributed by atoms with van der Waals surface area (Å²) in [5.74, 6) is 0.0330. The Morgan fingerprint density at radius 3 is 2.52 bits per heavy atom. The summed E-state index contributed by atoms with van der Waals surface area (Å²) in [6.45, 7) is 6.10. The summed E-state index contributed by atoms with van der Waals surface area (Å²) in [6.07, 6.45) is 0. The molecule has 1 aliphatic rings. The zero-order valence-corrected chi connectivity index (χ0v) is 13.5. The van der Waals surface area contributed by atoms with Crippen molar-refractivity contribution in [1.82, 2.24) is 9.80 Å². The summed E-state index contributed by atoms with van der Waals surface area (Å²) in [5.41, 5.74) is 7.31. The van der Waals surface area contributed by atoms with Crippen LogP contribution in [0.4, 0.5) is 5.69 Å². The molecule has 1 aromatic rings. The van der Waals surface area contributed by atoms with Crippen molar-refractivity contribution in [2.24, 2.45) is 5.73 Å². The quantitative estimate of drug-likeness (QED) is 0.636. The van der Waals surface area contributed by atoms with Gasteiger partial charge in [0.2, 0.25) is 0 Å². The zero-order valence-electron chi connectivity index (χ0n) is 12.8. The van der Waals surface area contributed by atoms with Crippen LogP contribution < -0.4 is 10.6 Å². The Hall–Kier alpha value is -1.30. The van der Waals surface area contributed by atoms with E-state index in [4.69, 9.17) is 22.7 Å². The van der Waals surface area contributed by atoms with Gasteiger partial charge in [-0.3, -0.25) is 10.3 Å². The second-order valence-corrected chi connectivity index (χ2v) is 6.09. The Kier molecular flexibility index (Phi) is 5.45. The molecule has 0 unspecified atom stereocenters. The van der Waals surface area contributed by atoms with E-state index in [0.29, 0.717) is 10.6 Å². The Balaban J connectivity index is 2.03. The van der Waals surface area contributed by atoms with Crippen molar-refractivity contribution in [2.45, 2.75) is 0 Å². The molecule has 1 aliphatic heterocycles. The lowest BCUT2D eigenvalue weighted by molar-refractivity contribution is 0.229. The number of rotatable bonds is 5. The van der Waals surface area contributed by atoms with Crippen molar-refractivity contribution in [2.75, 3.05) is 58.3 Å². The van der Waals surface area contributed by atoms with E-state index in [1.165, 1.54) is 0 Å². The number of piperazine rings is 1. The number of amidine groups is 1. The van der Waals surface area contributed by atoms with Gasteiger partial charge in [0.25, 0.3) is 0 Å². The van der Waals surface area contributed by atoms with Crippen molar-refractivity contribution in [3.05, 3.63) is 28.8 Å². The predicted octanol–water partition coefficient (Wildman–Crippen LogP) is 1.31. The second-order valence-electron chi connectivity index (χ2n) is 5.68. The molecule has 1 saturated heterocycles. The molecule has 0 radical (unpaired) electrons. The van der Waals surface area contributed by atoms with Crippen LogP contribution >= 0.6 is 11.6 Å².